The fourth-order valence-corrected chi connectivity index (χ4v) is 7.05. The molecule has 0 saturated carbocycles. The number of hydrogen-bond acceptors (Lipinski definition) is 2. The van der Waals surface area contributed by atoms with E-state index in [2.05, 4.69) is 47.2 Å². The average molecular weight is 576 g/mol. The van der Waals surface area contributed by atoms with E-state index in [0.717, 1.165) is 43.8 Å². The van der Waals surface area contributed by atoms with Crippen LogP contribution in [0, 0.1) is 0 Å². The summed E-state index contributed by atoms with van der Waals surface area (Å²) in [5.74, 6) is 0. The maximum atomic E-state index is 13.7. The van der Waals surface area contributed by atoms with E-state index in [-0.39, 0.29) is 10.9 Å². The van der Waals surface area contributed by atoms with Crippen molar-refractivity contribution in [2.24, 2.45) is 0 Å². The molecule has 6 aromatic rings. The first-order valence-electron chi connectivity index (χ1n) is 13.4. The molecule has 204 valence electrons. The lowest BCUT2D eigenvalue weighted by atomic mass is 9.91. The summed E-state index contributed by atoms with van der Waals surface area (Å²) in [6, 6.07) is 40.0. The maximum absolute atomic E-state index is 13.7. The first-order valence-corrected chi connectivity index (χ1v) is 15.7. The predicted octanol–water partition coefficient (Wildman–Crippen LogP) is 8.60. The molecular weight excluding hydrogens is 547 g/mol. The first-order chi connectivity index (χ1) is 19.9. The number of rotatable bonds is 7. The standard InChI is InChI=1S/C35H29NO3S2/c1-23(2)36-40(37)32-19-15-28-21-26(24-9-5-3-6-10-24)13-17-30(28)34(32)35-31-18-14-27(25-11-7-4-8-12-25)22-29(31)16-20-33(35)41(38)39/h3-23,36H,1-2H3,(H,38,39). The molecule has 6 rings (SSSR count). The molecule has 0 bridgehead atoms. The summed E-state index contributed by atoms with van der Waals surface area (Å²) in [5.41, 5.74) is 5.62. The topological polar surface area (TPSA) is 66.4 Å². The molecule has 0 aliphatic heterocycles. The normalized spacial score (nSPS) is 13.1. The molecule has 6 heteroatoms. The lowest BCUT2D eigenvalue weighted by Crippen LogP contribution is -2.25. The van der Waals surface area contributed by atoms with Crippen LogP contribution in [-0.2, 0) is 22.1 Å². The highest BCUT2D eigenvalue weighted by Gasteiger charge is 2.23. The van der Waals surface area contributed by atoms with Crippen LogP contribution in [0.25, 0.3) is 54.9 Å². The van der Waals surface area contributed by atoms with Crippen LogP contribution in [0.3, 0.4) is 0 Å². The number of benzene rings is 6. The number of fused-ring (bicyclic) bond motifs is 2. The van der Waals surface area contributed by atoms with Crippen LogP contribution in [0.2, 0.25) is 0 Å². The molecule has 0 heterocycles. The monoisotopic (exact) mass is 575 g/mol. The van der Waals surface area contributed by atoms with E-state index in [9.17, 15) is 13.0 Å². The van der Waals surface area contributed by atoms with Gasteiger partial charge >= 0.3 is 0 Å². The fourth-order valence-electron chi connectivity index (χ4n) is 5.33. The molecule has 6 aromatic carbocycles. The van der Waals surface area contributed by atoms with Crippen LogP contribution in [0.15, 0.2) is 131 Å². The quantitative estimate of drug-likeness (QED) is 0.187. The van der Waals surface area contributed by atoms with Crippen molar-refractivity contribution in [2.75, 3.05) is 0 Å². The summed E-state index contributed by atoms with van der Waals surface area (Å²) in [6.45, 7) is 3.89. The Bertz CT molecular complexity index is 1940. The average Bonchev–Trinajstić information content (AvgIpc) is 2.99. The van der Waals surface area contributed by atoms with Crippen molar-refractivity contribution in [3.05, 3.63) is 121 Å². The molecule has 0 fully saturated rings. The van der Waals surface area contributed by atoms with Gasteiger partial charge in [-0.2, -0.15) is 0 Å². The van der Waals surface area contributed by atoms with Gasteiger partial charge in [-0.25, -0.2) is 13.1 Å². The molecule has 4 nitrogen and oxygen atoms in total. The zero-order valence-electron chi connectivity index (χ0n) is 22.7. The van der Waals surface area contributed by atoms with Gasteiger partial charge in [0.2, 0.25) is 0 Å². The van der Waals surface area contributed by atoms with E-state index in [0.29, 0.717) is 16.0 Å². The van der Waals surface area contributed by atoms with Crippen molar-refractivity contribution < 1.29 is 13.0 Å². The van der Waals surface area contributed by atoms with Crippen LogP contribution in [0.4, 0.5) is 0 Å². The Labute approximate surface area is 244 Å². The minimum Gasteiger partial charge on any atom is -0.302 e. The van der Waals surface area contributed by atoms with Gasteiger partial charge in [-0.3, -0.25) is 0 Å². The van der Waals surface area contributed by atoms with E-state index >= 15 is 0 Å². The van der Waals surface area contributed by atoms with Gasteiger partial charge in [0.15, 0.2) is 11.1 Å². The van der Waals surface area contributed by atoms with Crippen molar-refractivity contribution >= 4 is 43.6 Å². The highest BCUT2D eigenvalue weighted by molar-refractivity contribution is 7.83. The Morgan fingerprint density at radius 1 is 0.561 bits per heavy atom. The van der Waals surface area contributed by atoms with Gasteiger partial charge in [-0.1, -0.05) is 97.1 Å². The Balaban J connectivity index is 1.66. The van der Waals surface area contributed by atoms with E-state index in [4.69, 9.17) is 0 Å². The second kappa shape index (κ2) is 11.5. The number of nitrogens with one attached hydrogen (secondary N) is 1. The molecule has 0 amide bonds. The third-order valence-corrected chi connectivity index (χ3v) is 9.30. The Morgan fingerprint density at radius 3 is 1.49 bits per heavy atom. The van der Waals surface area contributed by atoms with Crippen LogP contribution < -0.4 is 4.72 Å². The summed E-state index contributed by atoms with van der Waals surface area (Å²) in [4.78, 5) is 0.859. The molecule has 0 spiro atoms. The minimum atomic E-state index is -2.27. The minimum absolute atomic E-state index is 0.0211. The molecule has 41 heavy (non-hydrogen) atoms. The van der Waals surface area contributed by atoms with E-state index in [1.165, 1.54) is 0 Å². The van der Waals surface area contributed by atoms with Crippen LogP contribution in [0.5, 0.6) is 0 Å². The van der Waals surface area contributed by atoms with Crippen LogP contribution >= 0.6 is 0 Å². The molecule has 0 aliphatic rings. The lowest BCUT2D eigenvalue weighted by molar-refractivity contribution is 0.565. The van der Waals surface area contributed by atoms with Crippen molar-refractivity contribution in [3.8, 4) is 33.4 Å². The van der Waals surface area contributed by atoms with Gasteiger partial charge < -0.3 is 4.55 Å². The predicted molar refractivity (Wildman–Crippen MR) is 171 cm³/mol. The van der Waals surface area contributed by atoms with Gasteiger partial charge in [0, 0.05) is 17.2 Å². The third-order valence-electron chi connectivity index (χ3n) is 7.16. The third kappa shape index (κ3) is 5.39. The zero-order valence-corrected chi connectivity index (χ0v) is 24.3. The van der Waals surface area contributed by atoms with Crippen LogP contribution in [-0.4, -0.2) is 19.0 Å². The van der Waals surface area contributed by atoms with E-state index in [1.807, 2.05) is 86.6 Å². The van der Waals surface area contributed by atoms with Crippen molar-refractivity contribution in [2.45, 2.75) is 29.7 Å². The van der Waals surface area contributed by atoms with Crippen molar-refractivity contribution in [1.82, 2.24) is 4.72 Å². The molecule has 0 saturated heterocycles. The van der Waals surface area contributed by atoms with E-state index in [1.54, 1.807) is 6.07 Å². The van der Waals surface area contributed by atoms with Crippen LogP contribution in [0.1, 0.15) is 13.8 Å². The molecule has 0 aromatic heterocycles. The molecular formula is C35H29NO3S2. The van der Waals surface area contributed by atoms with E-state index < -0.39 is 22.1 Å². The second-order valence-corrected chi connectivity index (χ2v) is 12.4. The highest BCUT2D eigenvalue weighted by atomic mass is 32.2. The Morgan fingerprint density at radius 2 is 1.02 bits per heavy atom. The zero-order chi connectivity index (χ0) is 28.5. The molecule has 2 N–H and O–H groups in total. The Hall–Kier alpha value is -3.94. The molecule has 2 atom stereocenters. The van der Waals surface area contributed by atoms with Gasteiger partial charge in [0.25, 0.3) is 0 Å². The summed E-state index contributed by atoms with van der Waals surface area (Å²) in [7, 11) is -1.55. The lowest BCUT2D eigenvalue weighted by Gasteiger charge is -2.19. The highest BCUT2D eigenvalue weighted by Crippen LogP contribution is 2.43. The molecule has 0 aliphatic carbocycles. The van der Waals surface area contributed by atoms with Crippen molar-refractivity contribution in [3.63, 3.8) is 0 Å². The summed E-state index contributed by atoms with van der Waals surface area (Å²) in [6.07, 6.45) is 0. The summed E-state index contributed by atoms with van der Waals surface area (Å²) in [5, 5.41) is 3.58. The maximum Gasteiger partial charge on any atom is 0.187 e. The van der Waals surface area contributed by atoms with Gasteiger partial charge in [0.05, 0.1) is 9.79 Å². The molecule has 2 unspecified atom stereocenters. The summed E-state index contributed by atoms with van der Waals surface area (Å²) < 4.78 is 40.1. The van der Waals surface area contributed by atoms with Gasteiger partial charge in [-0.05, 0) is 81.9 Å². The SMILES string of the molecule is CC(C)NS(=O)c1ccc2cc(-c3ccccc3)ccc2c1-c1c(S(=O)O)ccc2cc(-c3ccccc3)ccc12. The van der Waals surface area contributed by atoms with Gasteiger partial charge in [-0.15, -0.1) is 0 Å². The van der Waals surface area contributed by atoms with Crippen molar-refractivity contribution in [1.29, 1.82) is 0 Å². The molecule has 0 radical (unpaired) electrons. The number of hydrogen-bond donors (Lipinski definition) is 2. The van der Waals surface area contributed by atoms with Gasteiger partial charge in [0.1, 0.15) is 11.0 Å². The largest absolute Gasteiger partial charge is 0.302 e. The Kier molecular flexibility index (Phi) is 7.65. The summed E-state index contributed by atoms with van der Waals surface area (Å²) >= 11 is -2.27. The fraction of sp³-hybridized carbons (Fsp3) is 0.0857. The second-order valence-electron chi connectivity index (χ2n) is 10.3. The smallest absolute Gasteiger partial charge is 0.187 e. The first kappa shape index (κ1) is 27.2.